The monoisotopic (exact) mass is 1240 g/mol. The van der Waals surface area contributed by atoms with E-state index in [4.69, 9.17) is 9.47 Å². The Balaban J connectivity index is 0.958. The number of fused-ring (bicyclic) bond motifs is 16. The Hall–Kier alpha value is -9.25. The van der Waals surface area contributed by atoms with Crippen LogP contribution in [0.3, 0.4) is 0 Å². The second-order valence-electron chi connectivity index (χ2n) is 30.7. The van der Waals surface area contributed by atoms with E-state index in [0.29, 0.717) is 35.5 Å². The molecular formula is C90H82B2N2O2. The van der Waals surface area contributed by atoms with Crippen LogP contribution in [-0.2, 0) is 0 Å². The van der Waals surface area contributed by atoms with Crippen LogP contribution < -0.4 is 42.3 Å². The van der Waals surface area contributed by atoms with Crippen LogP contribution in [-0.4, -0.2) is 22.6 Å². The lowest BCUT2D eigenvalue weighted by molar-refractivity contribution is 0.442. The molecule has 4 aliphatic heterocycles. The molecule has 2 saturated carbocycles. The summed E-state index contributed by atoms with van der Waals surface area (Å²) < 4.78 is 21.5. The van der Waals surface area contributed by atoms with Crippen LogP contribution in [0.15, 0.2) is 194 Å². The molecule has 0 atom stereocenters. The summed E-state index contributed by atoms with van der Waals surface area (Å²) in [5, 5.41) is 5.00. The normalized spacial score (nSPS) is 15.5. The molecule has 2 fully saturated rings. The maximum absolute atomic E-state index is 8.12. The smallest absolute Gasteiger partial charge is 0.256 e. The lowest BCUT2D eigenvalue weighted by Crippen LogP contribution is -2.63. The van der Waals surface area contributed by atoms with E-state index in [1.807, 2.05) is 0 Å². The first kappa shape index (κ1) is 58.1. The zero-order chi connectivity index (χ0) is 64.5. The van der Waals surface area contributed by atoms with Crippen LogP contribution in [0.1, 0.15) is 188 Å². The van der Waals surface area contributed by atoms with Crippen LogP contribution in [0.25, 0.3) is 99.5 Å². The summed E-state index contributed by atoms with van der Waals surface area (Å²) in [6.07, 6.45) is 12.6. The maximum Gasteiger partial charge on any atom is 0.256 e. The minimum atomic E-state index is -0.187. The summed E-state index contributed by atoms with van der Waals surface area (Å²) in [5.41, 5.74) is 32.6. The van der Waals surface area contributed by atoms with Crippen molar-refractivity contribution in [1.82, 2.24) is 9.13 Å². The standard InChI is InChI=1S/C90H82B2N2O2/c1-51(2)55-19-27-61(28-20-55)65-35-39-79-71(43-65)73-45-69(63-31-23-57(24-32-63)53(5)6)49-77-85(73)93(79)87-83-90(96-81-41-37-67(47-75(81)91(77)83)59-15-11-9-12-16-59)88-84-89(87)95-82-42-38-68(60-17-13-10-14-18-60)48-76(82)92(84)78-50-70(64-33-25-58(26-34-64)54(7)8)46-74-72-44-66(36-40-80(72)94(88)86(74)78)62-29-21-56(22-30-62)52(3)4/h19-54,59-60H,9-18H2,1-8H3. The number of nitrogens with zero attached hydrogens (tertiary/aromatic N) is 2. The molecule has 0 saturated heterocycles. The number of hydrogen-bond acceptors (Lipinski definition) is 2. The molecule has 4 nitrogen and oxygen atoms in total. The third kappa shape index (κ3) is 8.88. The second-order valence-corrected chi connectivity index (χ2v) is 30.7. The molecule has 0 bridgehead atoms. The van der Waals surface area contributed by atoms with E-state index in [-0.39, 0.29) is 13.4 Å². The van der Waals surface area contributed by atoms with Crippen molar-refractivity contribution in [3.8, 4) is 78.9 Å². The van der Waals surface area contributed by atoms with E-state index in [1.54, 1.807) is 0 Å². The van der Waals surface area contributed by atoms with Gasteiger partial charge in [-0.2, -0.15) is 0 Å². The lowest BCUT2D eigenvalue weighted by Gasteiger charge is -2.41. The van der Waals surface area contributed by atoms with E-state index in [0.717, 1.165) is 34.4 Å². The molecule has 19 rings (SSSR count). The highest BCUT2D eigenvalue weighted by Crippen LogP contribution is 2.51. The number of hydrogen-bond donors (Lipinski definition) is 0. The Morgan fingerprint density at radius 3 is 0.979 bits per heavy atom. The highest BCUT2D eigenvalue weighted by molar-refractivity contribution is 7.02. The Morgan fingerprint density at radius 1 is 0.312 bits per heavy atom. The zero-order valence-corrected chi connectivity index (χ0v) is 56.9. The topological polar surface area (TPSA) is 28.3 Å². The van der Waals surface area contributed by atoms with E-state index >= 15 is 0 Å². The van der Waals surface area contributed by atoms with Crippen LogP contribution in [0.2, 0.25) is 0 Å². The average molecular weight is 1250 g/mol. The second kappa shape index (κ2) is 22.2. The van der Waals surface area contributed by atoms with Crippen molar-refractivity contribution in [2.75, 3.05) is 0 Å². The van der Waals surface area contributed by atoms with Crippen molar-refractivity contribution in [2.24, 2.45) is 0 Å². The highest BCUT2D eigenvalue weighted by atomic mass is 16.5. The Kier molecular flexibility index (Phi) is 13.4. The van der Waals surface area contributed by atoms with Gasteiger partial charge in [-0.25, -0.2) is 0 Å². The van der Waals surface area contributed by atoms with Crippen molar-refractivity contribution < 1.29 is 9.47 Å². The predicted molar refractivity (Wildman–Crippen MR) is 407 cm³/mol. The van der Waals surface area contributed by atoms with Gasteiger partial charge < -0.3 is 18.6 Å². The van der Waals surface area contributed by atoms with Gasteiger partial charge in [0.2, 0.25) is 0 Å². The quantitative estimate of drug-likeness (QED) is 0.128. The van der Waals surface area contributed by atoms with Crippen molar-refractivity contribution in [2.45, 2.75) is 155 Å². The molecule has 96 heavy (non-hydrogen) atoms. The summed E-state index contributed by atoms with van der Waals surface area (Å²) in [7, 11) is 0. The highest BCUT2D eigenvalue weighted by Gasteiger charge is 2.51. The third-order valence-electron chi connectivity index (χ3n) is 23.8. The van der Waals surface area contributed by atoms with Crippen LogP contribution in [0.5, 0.6) is 23.0 Å². The molecule has 0 amide bonds. The maximum atomic E-state index is 8.12. The zero-order valence-electron chi connectivity index (χ0n) is 56.9. The third-order valence-corrected chi connectivity index (χ3v) is 23.8. The molecule has 0 N–H and O–H groups in total. The van der Waals surface area contributed by atoms with Gasteiger partial charge in [0, 0.05) is 43.5 Å². The summed E-state index contributed by atoms with van der Waals surface area (Å²) in [5.74, 6) is 6.55. The van der Waals surface area contributed by atoms with Gasteiger partial charge in [-0.15, -0.1) is 0 Å². The summed E-state index contributed by atoms with van der Waals surface area (Å²) in [4.78, 5) is 0. The summed E-state index contributed by atoms with van der Waals surface area (Å²) in [6.45, 7) is 18.0. The molecule has 2 aromatic heterocycles. The first-order chi connectivity index (χ1) is 46.9. The Labute approximate surface area is 566 Å². The molecule has 2 aliphatic carbocycles. The van der Waals surface area contributed by atoms with Gasteiger partial charge in [-0.3, -0.25) is 0 Å². The van der Waals surface area contributed by atoms with E-state index < -0.39 is 0 Å². The largest absolute Gasteiger partial charge is 0.456 e. The molecule has 6 heterocycles. The molecule has 11 aromatic carbocycles. The van der Waals surface area contributed by atoms with Crippen molar-refractivity contribution >= 4 is 89.8 Å². The van der Waals surface area contributed by atoms with Gasteiger partial charge in [0.1, 0.15) is 23.0 Å². The minimum Gasteiger partial charge on any atom is -0.456 e. The summed E-state index contributed by atoms with van der Waals surface area (Å²) >= 11 is 0. The fourth-order valence-corrected chi connectivity index (χ4v) is 18.4. The first-order valence-electron chi connectivity index (χ1n) is 36.4. The lowest BCUT2D eigenvalue weighted by atomic mass is 9.31. The van der Waals surface area contributed by atoms with E-state index in [1.165, 1.54) is 218 Å². The molecule has 6 heteroatoms. The number of ether oxygens (including phenoxy) is 2. The van der Waals surface area contributed by atoms with Crippen molar-refractivity contribution in [3.63, 3.8) is 0 Å². The first-order valence-corrected chi connectivity index (χ1v) is 36.4. The Bertz CT molecular complexity index is 5020. The number of aromatic nitrogens is 2. The van der Waals surface area contributed by atoms with Gasteiger partial charge in [0.15, 0.2) is 0 Å². The predicted octanol–water partition coefficient (Wildman–Crippen LogP) is 21.0. The molecule has 470 valence electrons. The molecular weight excluding hydrogens is 1160 g/mol. The van der Waals surface area contributed by atoms with Crippen LogP contribution in [0, 0.1) is 0 Å². The van der Waals surface area contributed by atoms with Gasteiger partial charge in [-0.05, 0) is 209 Å². The molecule has 0 unspecified atom stereocenters. The number of benzene rings is 11. The van der Waals surface area contributed by atoms with E-state index in [9.17, 15) is 0 Å². The Morgan fingerprint density at radius 2 is 0.635 bits per heavy atom. The van der Waals surface area contributed by atoms with Crippen molar-refractivity contribution in [3.05, 3.63) is 228 Å². The SMILES string of the molecule is CC(C)c1ccc(-c2ccc3c(c2)c2cc(-c4ccc(C(C)C)cc4)cc4c2n3-c2c3c5c(c6c2B4c2cc(C4CCCCC4)ccc2O6)-n2c4ccc(-c6ccc(C(C)C)cc6)cc4c4cc(-c6ccc(C(C)C)cc6)cc(c42)B5c2cc(C4CCCCC4)ccc2O3)cc1. The van der Waals surface area contributed by atoms with Crippen molar-refractivity contribution in [1.29, 1.82) is 0 Å². The van der Waals surface area contributed by atoms with Gasteiger partial charge in [0.25, 0.3) is 13.4 Å². The average Bonchev–Trinajstić information content (AvgIpc) is 1.32. The van der Waals surface area contributed by atoms with Crippen LogP contribution >= 0.6 is 0 Å². The molecule has 0 spiro atoms. The molecule has 0 radical (unpaired) electrons. The molecule has 13 aromatic rings. The minimum absolute atomic E-state index is 0.187. The van der Waals surface area contributed by atoms with Gasteiger partial charge >= 0.3 is 0 Å². The van der Waals surface area contributed by atoms with Crippen LogP contribution in [0.4, 0.5) is 0 Å². The van der Waals surface area contributed by atoms with Gasteiger partial charge in [0.05, 0.1) is 22.4 Å². The molecule has 6 aliphatic rings. The summed E-state index contributed by atoms with van der Waals surface area (Å²) in [6, 6.07) is 77.1. The van der Waals surface area contributed by atoms with E-state index in [2.05, 4.69) is 259 Å². The van der Waals surface area contributed by atoms with Gasteiger partial charge in [-0.1, -0.05) is 240 Å². The fraction of sp³-hybridized carbons (Fsp3) is 0.267. The number of rotatable bonds is 10. The fourth-order valence-electron chi connectivity index (χ4n) is 18.4.